The fraction of sp³-hybridized carbons (Fsp3) is 0.562. The molecular formula is C16H25NO2. The fourth-order valence-electron chi connectivity index (χ4n) is 1.79. The molecule has 0 unspecified atom stereocenters. The van der Waals surface area contributed by atoms with E-state index in [1.165, 1.54) is 5.56 Å². The van der Waals surface area contributed by atoms with Gasteiger partial charge in [0.2, 0.25) is 0 Å². The Kier molecular flexibility index (Phi) is 5.55. The molecule has 0 N–H and O–H groups in total. The van der Waals surface area contributed by atoms with Gasteiger partial charge < -0.3 is 9.64 Å². The Bertz CT molecular complexity index is 404. The molecule has 1 aromatic rings. The second-order valence-electron chi connectivity index (χ2n) is 6.01. The van der Waals surface area contributed by atoms with Gasteiger partial charge in [-0.05, 0) is 24.7 Å². The van der Waals surface area contributed by atoms with Gasteiger partial charge in [-0.25, -0.2) is 0 Å². The topological polar surface area (TPSA) is 29.5 Å². The molecule has 0 saturated heterocycles. The Morgan fingerprint density at radius 2 is 1.79 bits per heavy atom. The Hall–Kier alpha value is -1.35. The Labute approximate surface area is 116 Å². The summed E-state index contributed by atoms with van der Waals surface area (Å²) in [6.07, 6.45) is 0.607. The highest BCUT2D eigenvalue weighted by Gasteiger charge is 2.20. The molecule has 0 atom stereocenters. The highest BCUT2D eigenvalue weighted by atomic mass is 16.5. The van der Waals surface area contributed by atoms with Crippen LogP contribution in [0.15, 0.2) is 24.3 Å². The van der Waals surface area contributed by atoms with Crippen LogP contribution < -0.4 is 4.74 Å². The van der Waals surface area contributed by atoms with Gasteiger partial charge in [-0.1, -0.05) is 32.9 Å². The zero-order valence-corrected chi connectivity index (χ0v) is 12.7. The van der Waals surface area contributed by atoms with Crippen molar-refractivity contribution in [3.63, 3.8) is 0 Å². The van der Waals surface area contributed by atoms with Crippen molar-refractivity contribution in [1.82, 2.24) is 4.90 Å². The number of ketones is 1. The summed E-state index contributed by atoms with van der Waals surface area (Å²) in [5.74, 6) is 1.18. The van der Waals surface area contributed by atoms with Gasteiger partial charge in [0.05, 0.1) is 7.11 Å². The molecule has 0 radical (unpaired) electrons. The number of benzene rings is 1. The summed E-state index contributed by atoms with van der Waals surface area (Å²) >= 11 is 0. The molecule has 3 heteroatoms. The monoisotopic (exact) mass is 263 g/mol. The number of Topliss-reactive ketones (excluding diaryl/α,β-unsaturated/α-hetero) is 1. The lowest BCUT2D eigenvalue weighted by Crippen LogP contribution is -2.27. The number of nitrogens with zero attached hydrogens (tertiary/aromatic N) is 1. The van der Waals surface area contributed by atoms with E-state index in [1.807, 2.05) is 40.0 Å². The van der Waals surface area contributed by atoms with Crippen LogP contribution in [0.25, 0.3) is 0 Å². The summed E-state index contributed by atoms with van der Waals surface area (Å²) in [7, 11) is 3.71. The first kappa shape index (κ1) is 15.7. The zero-order chi connectivity index (χ0) is 14.5. The quantitative estimate of drug-likeness (QED) is 0.789. The van der Waals surface area contributed by atoms with E-state index in [0.717, 1.165) is 18.8 Å². The van der Waals surface area contributed by atoms with Gasteiger partial charge in [-0.15, -0.1) is 0 Å². The largest absolute Gasteiger partial charge is 0.497 e. The summed E-state index contributed by atoms with van der Waals surface area (Å²) < 4.78 is 5.13. The van der Waals surface area contributed by atoms with E-state index in [-0.39, 0.29) is 5.41 Å². The Morgan fingerprint density at radius 1 is 1.21 bits per heavy atom. The van der Waals surface area contributed by atoms with Crippen LogP contribution in [0.2, 0.25) is 0 Å². The van der Waals surface area contributed by atoms with Crippen LogP contribution in [0.4, 0.5) is 0 Å². The van der Waals surface area contributed by atoms with Crippen molar-refractivity contribution < 1.29 is 9.53 Å². The number of ether oxygens (including phenoxy) is 1. The molecule has 0 spiro atoms. The van der Waals surface area contributed by atoms with E-state index in [2.05, 4.69) is 17.0 Å². The molecule has 0 aromatic heterocycles. The molecule has 0 aliphatic rings. The van der Waals surface area contributed by atoms with E-state index in [9.17, 15) is 4.79 Å². The SMILES string of the molecule is COc1ccc(CN(C)CCC(=O)C(C)(C)C)cc1. The molecule has 0 aliphatic carbocycles. The van der Waals surface area contributed by atoms with Crippen LogP contribution in [0.5, 0.6) is 5.75 Å². The van der Waals surface area contributed by atoms with E-state index in [0.29, 0.717) is 12.2 Å². The second kappa shape index (κ2) is 6.71. The first-order valence-corrected chi connectivity index (χ1v) is 6.67. The summed E-state index contributed by atoms with van der Waals surface area (Å²) in [6.45, 7) is 7.56. The summed E-state index contributed by atoms with van der Waals surface area (Å²) in [4.78, 5) is 14.0. The first-order chi connectivity index (χ1) is 8.82. The van der Waals surface area contributed by atoms with E-state index in [1.54, 1.807) is 7.11 Å². The highest BCUT2D eigenvalue weighted by Crippen LogP contribution is 2.17. The van der Waals surface area contributed by atoms with Gasteiger partial charge >= 0.3 is 0 Å². The van der Waals surface area contributed by atoms with Gasteiger partial charge in [-0.2, -0.15) is 0 Å². The van der Waals surface area contributed by atoms with Gasteiger partial charge in [0, 0.05) is 24.9 Å². The van der Waals surface area contributed by atoms with Gasteiger partial charge in [0.15, 0.2) is 0 Å². The molecular weight excluding hydrogens is 238 g/mol. The molecule has 0 heterocycles. The second-order valence-corrected chi connectivity index (χ2v) is 6.01. The minimum Gasteiger partial charge on any atom is -0.497 e. The molecule has 106 valence electrons. The Morgan fingerprint density at radius 3 is 2.26 bits per heavy atom. The van der Waals surface area contributed by atoms with Crippen molar-refractivity contribution >= 4 is 5.78 Å². The number of rotatable bonds is 6. The zero-order valence-electron chi connectivity index (χ0n) is 12.7. The number of methoxy groups -OCH3 is 1. The van der Waals surface area contributed by atoms with Crippen molar-refractivity contribution in [1.29, 1.82) is 0 Å². The van der Waals surface area contributed by atoms with Crippen LogP contribution in [0.1, 0.15) is 32.8 Å². The standard InChI is InChI=1S/C16H25NO2/c1-16(2,3)15(18)10-11-17(4)12-13-6-8-14(19-5)9-7-13/h6-9H,10-12H2,1-5H3. The van der Waals surface area contributed by atoms with Crippen LogP contribution in [0.3, 0.4) is 0 Å². The molecule has 1 rings (SSSR count). The van der Waals surface area contributed by atoms with Crippen molar-refractivity contribution in [2.45, 2.75) is 33.7 Å². The average molecular weight is 263 g/mol. The third kappa shape index (κ3) is 5.43. The number of hydrogen-bond acceptors (Lipinski definition) is 3. The van der Waals surface area contributed by atoms with E-state index in [4.69, 9.17) is 4.74 Å². The van der Waals surface area contributed by atoms with Gasteiger partial charge in [0.1, 0.15) is 11.5 Å². The molecule has 19 heavy (non-hydrogen) atoms. The lowest BCUT2D eigenvalue weighted by Gasteiger charge is -2.20. The van der Waals surface area contributed by atoms with Crippen LogP contribution >= 0.6 is 0 Å². The van der Waals surface area contributed by atoms with Crippen LogP contribution in [-0.2, 0) is 11.3 Å². The molecule has 0 amide bonds. The summed E-state index contributed by atoms with van der Waals surface area (Å²) in [6, 6.07) is 8.04. The minimum atomic E-state index is -0.235. The average Bonchev–Trinajstić information content (AvgIpc) is 2.35. The highest BCUT2D eigenvalue weighted by molar-refractivity contribution is 5.83. The fourth-order valence-corrected chi connectivity index (χ4v) is 1.79. The van der Waals surface area contributed by atoms with Crippen LogP contribution in [-0.4, -0.2) is 31.4 Å². The summed E-state index contributed by atoms with van der Waals surface area (Å²) in [5, 5.41) is 0. The summed E-state index contributed by atoms with van der Waals surface area (Å²) in [5.41, 5.74) is 0.993. The van der Waals surface area contributed by atoms with E-state index >= 15 is 0 Å². The van der Waals surface area contributed by atoms with Crippen molar-refractivity contribution in [2.24, 2.45) is 5.41 Å². The molecule has 1 aromatic carbocycles. The molecule has 0 saturated carbocycles. The predicted molar refractivity (Wildman–Crippen MR) is 78.4 cm³/mol. The van der Waals surface area contributed by atoms with Gasteiger partial charge in [-0.3, -0.25) is 4.79 Å². The Balaban J connectivity index is 2.42. The normalized spacial score (nSPS) is 11.7. The lowest BCUT2D eigenvalue weighted by molar-refractivity contribution is -0.126. The van der Waals surface area contributed by atoms with E-state index < -0.39 is 0 Å². The number of hydrogen-bond donors (Lipinski definition) is 0. The predicted octanol–water partition coefficient (Wildman–Crippen LogP) is 3.13. The molecule has 0 aliphatic heterocycles. The van der Waals surface area contributed by atoms with Crippen molar-refractivity contribution in [3.8, 4) is 5.75 Å². The van der Waals surface area contributed by atoms with Crippen molar-refractivity contribution in [2.75, 3.05) is 20.7 Å². The number of carbonyl (C=O) groups is 1. The lowest BCUT2D eigenvalue weighted by atomic mass is 9.89. The van der Waals surface area contributed by atoms with Gasteiger partial charge in [0.25, 0.3) is 0 Å². The molecule has 0 bridgehead atoms. The maximum absolute atomic E-state index is 11.9. The third-order valence-electron chi connectivity index (χ3n) is 3.17. The molecule has 0 fully saturated rings. The first-order valence-electron chi connectivity index (χ1n) is 6.67. The van der Waals surface area contributed by atoms with Crippen molar-refractivity contribution in [3.05, 3.63) is 29.8 Å². The van der Waals surface area contributed by atoms with Crippen LogP contribution in [0, 0.1) is 5.41 Å². The third-order valence-corrected chi connectivity index (χ3v) is 3.17. The maximum Gasteiger partial charge on any atom is 0.139 e. The maximum atomic E-state index is 11.9. The smallest absolute Gasteiger partial charge is 0.139 e. The molecule has 3 nitrogen and oxygen atoms in total. The minimum absolute atomic E-state index is 0.235. The number of carbonyl (C=O) groups excluding carboxylic acids is 1.